The van der Waals surface area contributed by atoms with E-state index in [1.54, 1.807) is 42.7 Å². The van der Waals surface area contributed by atoms with Crippen LogP contribution in [-0.2, 0) is 10.0 Å². The van der Waals surface area contributed by atoms with Gasteiger partial charge in [-0.1, -0.05) is 18.2 Å². The lowest BCUT2D eigenvalue weighted by atomic mass is 10.3. The van der Waals surface area contributed by atoms with Crippen molar-refractivity contribution in [3.63, 3.8) is 0 Å². The topological polar surface area (TPSA) is 78.4 Å². The Morgan fingerprint density at radius 2 is 1.68 bits per heavy atom. The SMILES string of the molecule is CC(C)N(c1cnc(N2CCNCC2)nc1)S(=O)(=O)c1ccccc1. The fraction of sp³-hybridized carbons (Fsp3) is 0.412. The average Bonchev–Trinajstić information content (AvgIpc) is 2.63. The maximum Gasteiger partial charge on any atom is 0.264 e. The molecule has 0 saturated carbocycles. The Hall–Kier alpha value is -2.19. The van der Waals surface area contributed by atoms with E-state index in [1.807, 2.05) is 13.8 Å². The fourth-order valence-corrected chi connectivity index (χ4v) is 4.53. The van der Waals surface area contributed by atoms with Gasteiger partial charge in [-0.05, 0) is 26.0 Å². The Morgan fingerprint density at radius 3 is 2.24 bits per heavy atom. The van der Waals surface area contributed by atoms with E-state index in [0.717, 1.165) is 26.2 Å². The van der Waals surface area contributed by atoms with Gasteiger partial charge in [0.25, 0.3) is 10.0 Å². The summed E-state index contributed by atoms with van der Waals surface area (Å²) in [7, 11) is -3.66. The molecule has 8 heteroatoms. The molecule has 1 saturated heterocycles. The molecule has 25 heavy (non-hydrogen) atoms. The average molecular weight is 361 g/mol. The third-order valence-corrected chi connectivity index (χ3v) is 6.07. The van der Waals surface area contributed by atoms with Gasteiger partial charge in [-0.3, -0.25) is 4.31 Å². The lowest BCUT2D eigenvalue weighted by molar-refractivity contribution is 0.578. The Morgan fingerprint density at radius 1 is 1.08 bits per heavy atom. The minimum absolute atomic E-state index is 0.251. The van der Waals surface area contributed by atoms with Gasteiger partial charge in [0, 0.05) is 32.2 Å². The molecule has 1 fully saturated rings. The van der Waals surface area contributed by atoms with E-state index < -0.39 is 10.0 Å². The number of benzene rings is 1. The van der Waals surface area contributed by atoms with Crippen molar-refractivity contribution in [1.29, 1.82) is 0 Å². The number of rotatable bonds is 5. The molecule has 0 unspecified atom stereocenters. The molecule has 2 heterocycles. The number of hydrogen-bond donors (Lipinski definition) is 1. The minimum Gasteiger partial charge on any atom is -0.338 e. The number of sulfonamides is 1. The zero-order valence-corrected chi connectivity index (χ0v) is 15.3. The van der Waals surface area contributed by atoms with Gasteiger partial charge >= 0.3 is 0 Å². The molecule has 1 aliphatic heterocycles. The molecule has 3 rings (SSSR count). The summed E-state index contributed by atoms with van der Waals surface area (Å²) >= 11 is 0. The number of aromatic nitrogens is 2. The van der Waals surface area contributed by atoms with E-state index in [4.69, 9.17) is 0 Å². The molecule has 2 aromatic rings. The minimum atomic E-state index is -3.66. The molecule has 1 aliphatic rings. The molecule has 0 aliphatic carbocycles. The Kier molecular flexibility index (Phi) is 5.19. The van der Waals surface area contributed by atoms with Crippen molar-refractivity contribution in [3.05, 3.63) is 42.7 Å². The quantitative estimate of drug-likeness (QED) is 0.869. The number of nitrogens with one attached hydrogen (secondary N) is 1. The van der Waals surface area contributed by atoms with Crippen molar-refractivity contribution in [3.8, 4) is 0 Å². The summed E-state index contributed by atoms with van der Waals surface area (Å²) in [6.45, 7) is 7.15. The fourth-order valence-electron chi connectivity index (χ4n) is 2.88. The van der Waals surface area contributed by atoms with Crippen LogP contribution in [0, 0.1) is 0 Å². The highest BCUT2D eigenvalue weighted by Crippen LogP contribution is 2.25. The number of piperazine rings is 1. The molecule has 7 nitrogen and oxygen atoms in total. The summed E-state index contributed by atoms with van der Waals surface area (Å²) in [5.41, 5.74) is 0.470. The predicted octanol–water partition coefficient (Wildman–Crippen LogP) is 1.49. The van der Waals surface area contributed by atoms with Crippen molar-refractivity contribution in [2.45, 2.75) is 24.8 Å². The summed E-state index contributed by atoms with van der Waals surface area (Å²) in [6.07, 6.45) is 3.18. The van der Waals surface area contributed by atoms with Crippen LogP contribution >= 0.6 is 0 Å². The second-order valence-corrected chi connectivity index (χ2v) is 8.00. The van der Waals surface area contributed by atoms with E-state index >= 15 is 0 Å². The van der Waals surface area contributed by atoms with Gasteiger partial charge in [-0.25, -0.2) is 18.4 Å². The van der Waals surface area contributed by atoms with Gasteiger partial charge in [0.05, 0.1) is 23.0 Å². The van der Waals surface area contributed by atoms with Crippen molar-refractivity contribution in [2.24, 2.45) is 0 Å². The lowest BCUT2D eigenvalue weighted by Crippen LogP contribution is -2.44. The zero-order valence-electron chi connectivity index (χ0n) is 14.5. The van der Waals surface area contributed by atoms with E-state index in [-0.39, 0.29) is 10.9 Å². The van der Waals surface area contributed by atoms with E-state index in [9.17, 15) is 8.42 Å². The monoisotopic (exact) mass is 361 g/mol. The van der Waals surface area contributed by atoms with E-state index in [0.29, 0.717) is 11.6 Å². The van der Waals surface area contributed by atoms with Crippen LogP contribution in [0.4, 0.5) is 11.6 Å². The van der Waals surface area contributed by atoms with Crippen molar-refractivity contribution in [1.82, 2.24) is 15.3 Å². The maximum atomic E-state index is 13.0. The van der Waals surface area contributed by atoms with E-state index in [1.165, 1.54) is 4.31 Å². The van der Waals surface area contributed by atoms with Gasteiger partial charge in [-0.15, -0.1) is 0 Å². The molecular weight excluding hydrogens is 338 g/mol. The molecule has 0 amide bonds. The summed E-state index contributed by atoms with van der Waals surface area (Å²) < 4.78 is 27.4. The first-order valence-corrected chi connectivity index (χ1v) is 9.81. The van der Waals surface area contributed by atoms with Crippen LogP contribution in [0.2, 0.25) is 0 Å². The Balaban J connectivity index is 1.91. The highest BCUT2D eigenvalue weighted by Gasteiger charge is 2.28. The molecule has 1 N–H and O–H groups in total. The van der Waals surface area contributed by atoms with Crippen LogP contribution in [0.25, 0.3) is 0 Å². The van der Waals surface area contributed by atoms with Crippen LogP contribution in [-0.4, -0.2) is 50.6 Å². The molecule has 0 atom stereocenters. The van der Waals surface area contributed by atoms with Crippen LogP contribution in [0.3, 0.4) is 0 Å². The zero-order chi connectivity index (χ0) is 17.9. The summed E-state index contributed by atoms with van der Waals surface area (Å²) in [5.74, 6) is 0.631. The summed E-state index contributed by atoms with van der Waals surface area (Å²) in [4.78, 5) is 11.1. The second-order valence-electron chi connectivity index (χ2n) is 6.19. The first kappa shape index (κ1) is 17.6. The van der Waals surface area contributed by atoms with Crippen LogP contribution in [0.5, 0.6) is 0 Å². The van der Waals surface area contributed by atoms with Crippen LogP contribution in [0.15, 0.2) is 47.6 Å². The largest absolute Gasteiger partial charge is 0.338 e. The predicted molar refractivity (Wildman–Crippen MR) is 98.4 cm³/mol. The molecule has 134 valence electrons. The first-order chi connectivity index (χ1) is 12.0. The van der Waals surface area contributed by atoms with Gasteiger partial charge in [0.2, 0.25) is 5.95 Å². The highest BCUT2D eigenvalue weighted by atomic mass is 32.2. The number of nitrogens with zero attached hydrogens (tertiary/aromatic N) is 4. The lowest BCUT2D eigenvalue weighted by Gasteiger charge is -2.29. The molecule has 1 aromatic carbocycles. The molecular formula is C17H23N5O2S. The summed E-state index contributed by atoms with van der Waals surface area (Å²) in [5, 5.41) is 3.28. The normalized spacial score (nSPS) is 15.4. The van der Waals surface area contributed by atoms with Crippen molar-refractivity contribution < 1.29 is 8.42 Å². The van der Waals surface area contributed by atoms with Gasteiger partial charge in [0.15, 0.2) is 0 Å². The van der Waals surface area contributed by atoms with Crippen LogP contribution < -0.4 is 14.5 Å². The van der Waals surface area contributed by atoms with Gasteiger partial charge in [0.1, 0.15) is 0 Å². The Labute approximate surface area is 148 Å². The van der Waals surface area contributed by atoms with E-state index in [2.05, 4.69) is 20.2 Å². The summed E-state index contributed by atoms with van der Waals surface area (Å²) in [6, 6.07) is 8.18. The molecule has 0 radical (unpaired) electrons. The number of anilines is 2. The smallest absolute Gasteiger partial charge is 0.264 e. The third-order valence-electron chi connectivity index (χ3n) is 4.05. The molecule has 1 aromatic heterocycles. The number of hydrogen-bond acceptors (Lipinski definition) is 6. The first-order valence-electron chi connectivity index (χ1n) is 8.37. The highest BCUT2D eigenvalue weighted by molar-refractivity contribution is 7.92. The van der Waals surface area contributed by atoms with Crippen molar-refractivity contribution in [2.75, 3.05) is 35.4 Å². The maximum absolute atomic E-state index is 13.0. The second kappa shape index (κ2) is 7.37. The van der Waals surface area contributed by atoms with Gasteiger partial charge < -0.3 is 10.2 Å². The van der Waals surface area contributed by atoms with Gasteiger partial charge in [-0.2, -0.15) is 0 Å². The molecule has 0 spiro atoms. The van der Waals surface area contributed by atoms with Crippen LogP contribution in [0.1, 0.15) is 13.8 Å². The molecule has 0 bridgehead atoms. The Bertz CT molecular complexity index is 788. The standard InChI is InChI=1S/C17H23N5O2S/c1-14(2)22(25(23,24)16-6-4-3-5-7-16)15-12-19-17(20-13-15)21-10-8-18-9-11-21/h3-7,12-14,18H,8-11H2,1-2H3. The third kappa shape index (κ3) is 3.74. The van der Waals surface area contributed by atoms with Crippen molar-refractivity contribution >= 4 is 21.7 Å².